The molecular formula is C15H15Br2N. The fraction of sp³-hybridized carbons (Fsp3) is 0.200. The zero-order valence-electron chi connectivity index (χ0n) is 10.4. The minimum atomic E-state index is 0.274. The molecule has 1 nitrogen and oxygen atoms in total. The van der Waals surface area contributed by atoms with Crippen LogP contribution in [0.15, 0.2) is 51.4 Å². The van der Waals surface area contributed by atoms with Crippen molar-refractivity contribution < 1.29 is 0 Å². The van der Waals surface area contributed by atoms with Gasteiger partial charge in [-0.25, -0.2) is 0 Å². The Bertz CT molecular complexity index is 535. The van der Waals surface area contributed by atoms with Gasteiger partial charge in [0.05, 0.1) is 0 Å². The second-order valence-electron chi connectivity index (χ2n) is 4.40. The van der Waals surface area contributed by atoms with Crippen LogP contribution in [-0.4, -0.2) is 0 Å². The van der Waals surface area contributed by atoms with Gasteiger partial charge in [0.15, 0.2) is 0 Å². The monoisotopic (exact) mass is 367 g/mol. The average Bonchev–Trinajstić information content (AvgIpc) is 2.34. The Hall–Kier alpha value is -0.800. The molecule has 0 aliphatic carbocycles. The summed E-state index contributed by atoms with van der Waals surface area (Å²) in [5, 5.41) is 3.52. The van der Waals surface area contributed by atoms with Gasteiger partial charge < -0.3 is 5.32 Å². The van der Waals surface area contributed by atoms with E-state index in [1.165, 1.54) is 11.1 Å². The summed E-state index contributed by atoms with van der Waals surface area (Å²) >= 11 is 7.03. The predicted molar refractivity (Wildman–Crippen MR) is 85.1 cm³/mol. The van der Waals surface area contributed by atoms with E-state index < -0.39 is 0 Å². The molecule has 0 aliphatic heterocycles. The number of hydrogen-bond acceptors (Lipinski definition) is 1. The summed E-state index contributed by atoms with van der Waals surface area (Å²) in [5.74, 6) is 0. The normalized spacial score (nSPS) is 12.2. The molecule has 3 heteroatoms. The smallest absolute Gasteiger partial charge is 0.0491 e. The summed E-state index contributed by atoms with van der Waals surface area (Å²) < 4.78 is 2.20. The summed E-state index contributed by atoms with van der Waals surface area (Å²) in [6.07, 6.45) is 0. The first-order valence-corrected chi connectivity index (χ1v) is 7.43. The Kier molecular flexibility index (Phi) is 4.46. The van der Waals surface area contributed by atoms with Gasteiger partial charge in [-0.05, 0) is 65.2 Å². The molecule has 0 heterocycles. The first kappa shape index (κ1) is 13.6. The number of aryl methyl sites for hydroxylation is 1. The largest absolute Gasteiger partial charge is 0.378 e. The van der Waals surface area contributed by atoms with E-state index in [2.05, 4.69) is 93.5 Å². The lowest BCUT2D eigenvalue weighted by atomic mass is 10.1. The van der Waals surface area contributed by atoms with Crippen molar-refractivity contribution in [1.29, 1.82) is 0 Å². The van der Waals surface area contributed by atoms with E-state index in [0.29, 0.717) is 0 Å². The van der Waals surface area contributed by atoms with Gasteiger partial charge in [0.2, 0.25) is 0 Å². The fourth-order valence-corrected chi connectivity index (χ4v) is 2.44. The number of benzene rings is 2. The molecule has 1 unspecified atom stereocenters. The standard InChI is InChI=1S/C15H15Br2N/c1-10-3-8-14(17)15(9-10)18-11(2)12-4-6-13(16)7-5-12/h3-9,11,18H,1-2H3. The number of anilines is 1. The maximum atomic E-state index is 3.57. The predicted octanol–water partition coefficient (Wildman–Crippen LogP) is 5.69. The molecule has 2 aromatic carbocycles. The van der Waals surface area contributed by atoms with Gasteiger partial charge in [-0.2, -0.15) is 0 Å². The molecule has 0 fully saturated rings. The van der Waals surface area contributed by atoms with E-state index in [-0.39, 0.29) is 6.04 Å². The number of halogens is 2. The van der Waals surface area contributed by atoms with Gasteiger partial charge in [-0.3, -0.25) is 0 Å². The molecule has 18 heavy (non-hydrogen) atoms. The Morgan fingerprint density at radius 3 is 2.33 bits per heavy atom. The van der Waals surface area contributed by atoms with Gasteiger partial charge in [0.25, 0.3) is 0 Å². The fourth-order valence-electron chi connectivity index (χ4n) is 1.82. The van der Waals surface area contributed by atoms with E-state index in [1.54, 1.807) is 0 Å². The van der Waals surface area contributed by atoms with Crippen LogP contribution in [0.1, 0.15) is 24.1 Å². The lowest BCUT2D eigenvalue weighted by Crippen LogP contribution is -2.07. The van der Waals surface area contributed by atoms with Gasteiger partial charge in [0, 0.05) is 20.7 Å². The maximum absolute atomic E-state index is 3.57. The lowest BCUT2D eigenvalue weighted by molar-refractivity contribution is 0.883. The average molecular weight is 369 g/mol. The van der Waals surface area contributed by atoms with Crippen LogP contribution in [0.4, 0.5) is 5.69 Å². The Morgan fingerprint density at radius 1 is 1.00 bits per heavy atom. The van der Waals surface area contributed by atoms with Crippen LogP contribution in [-0.2, 0) is 0 Å². The van der Waals surface area contributed by atoms with Crippen LogP contribution in [0.25, 0.3) is 0 Å². The third-order valence-corrected chi connectivity index (χ3v) is 4.08. The highest BCUT2D eigenvalue weighted by atomic mass is 79.9. The van der Waals surface area contributed by atoms with Crippen molar-refractivity contribution in [2.75, 3.05) is 5.32 Å². The highest BCUT2D eigenvalue weighted by Crippen LogP contribution is 2.27. The van der Waals surface area contributed by atoms with Crippen molar-refractivity contribution >= 4 is 37.5 Å². The lowest BCUT2D eigenvalue weighted by Gasteiger charge is -2.17. The molecule has 1 atom stereocenters. The van der Waals surface area contributed by atoms with Crippen LogP contribution in [0.3, 0.4) is 0 Å². The molecule has 0 amide bonds. The van der Waals surface area contributed by atoms with E-state index in [1.807, 2.05) is 0 Å². The van der Waals surface area contributed by atoms with Crippen LogP contribution < -0.4 is 5.32 Å². The Labute approximate surface area is 125 Å². The molecule has 1 N–H and O–H groups in total. The highest BCUT2D eigenvalue weighted by molar-refractivity contribution is 9.10. The van der Waals surface area contributed by atoms with Crippen LogP contribution in [0.2, 0.25) is 0 Å². The van der Waals surface area contributed by atoms with Crippen molar-refractivity contribution in [2.24, 2.45) is 0 Å². The number of nitrogens with one attached hydrogen (secondary N) is 1. The molecule has 2 rings (SSSR count). The van der Waals surface area contributed by atoms with Gasteiger partial charge in [0.1, 0.15) is 0 Å². The zero-order valence-corrected chi connectivity index (χ0v) is 13.5. The third-order valence-electron chi connectivity index (χ3n) is 2.86. The SMILES string of the molecule is Cc1ccc(Br)c(NC(C)c2ccc(Br)cc2)c1. The second kappa shape index (κ2) is 5.89. The summed E-state index contributed by atoms with van der Waals surface area (Å²) in [7, 11) is 0. The summed E-state index contributed by atoms with van der Waals surface area (Å²) in [6.45, 7) is 4.26. The molecule has 0 saturated carbocycles. The van der Waals surface area contributed by atoms with Gasteiger partial charge in [-0.1, -0.05) is 34.1 Å². The minimum absolute atomic E-state index is 0.274. The maximum Gasteiger partial charge on any atom is 0.0491 e. The van der Waals surface area contributed by atoms with E-state index >= 15 is 0 Å². The first-order chi connectivity index (χ1) is 8.56. The summed E-state index contributed by atoms with van der Waals surface area (Å²) in [4.78, 5) is 0. The zero-order chi connectivity index (χ0) is 13.1. The summed E-state index contributed by atoms with van der Waals surface area (Å²) in [5.41, 5.74) is 3.65. The number of rotatable bonds is 3. The topological polar surface area (TPSA) is 12.0 Å². The summed E-state index contributed by atoms with van der Waals surface area (Å²) in [6, 6.07) is 15.0. The highest BCUT2D eigenvalue weighted by Gasteiger charge is 2.07. The molecule has 0 radical (unpaired) electrons. The molecule has 94 valence electrons. The van der Waals surface area contributed by atoms with Crippen molar-refractivity contribution in [3.8, 4) is 0 Å². The van der Waals surface area contributed by atoms with Crippen molar-refractivity contribution in [3.05, 3.63) is 62.5 Å². The molecule has 0 aromatic heterocycles. The Balaban J connectivity index is 2.18. The van der Waals surface area contributed by atoms with E-state index in [9.17, 15) is 0 Å². The molecule has 0 saturated heterocycles. The molecule has 2 aromatic rings. The minimum Gasteiger partial charge on any atom is -0.378 e. The van der Waals surface area contributed by atoms with Gasteiger partial charge in [-0.15, -0.1) is 0 Å². The van der Waals surface area contributed by atoms with E-state index in [4.69, 9.17) is 0 Å². The third kappa shape index (κ3) is 3.36. The molecule has 0 aliphatic rings. The molecular weight excluding hydrogens is 354 g/mol. The van der Waals surface area contributed by atoms with Gasteiger partial charge >= 0.3 is 0 Å². The number of hydrogen-bond donors (Lipinski definition) is 1. The molecule has 0 spiro atoms. The van der Waals surface area contributed by atoms with Crippen molar-refractivity contribution in [3.63, 3.8) is 0 Å². The van der Waals surface area contributed by atoms with Crippen molar-refractivity contribution in [1.82, 2.24) is 0 Å². The quantitative estimate of drug-likeness (QED) is 0.733. The van der Waals surface area contributed by atoms with Crippen molar-refractivity contribution in [2.45, 2.75) is 19.9 Å². The first-order valence-electron chi connectivity index (χ1n) is 5.84. The van der Waals surface area contributed by atoms with Crippen LogP contribution in [0.5, 0.6) is 0 Å². The second-order valence-corrected chi connectivity index (χ2v) is 6.17. The Morgan fingerprint density at radius 2 is 1.67 bits per heavy atom. The van der Waals surface area contributed by atoms with Crippen LogP contribution >= 0.6 is 31.9 Å². The van der Waals surface area contributed by atoms with E-state index in [0.717, 1.165) is 14.6 Å². The molecule has 0 bridgehead atoms. The van der Waals surface area contributed by atoms with Crippen LogP contribution in [0, 0.1) is 6.92 Å².